The van der Waals surface area contributed by atoms with Crippen LogP contribution in [0, 0.1) is 5.92 Å². The van der Waals surface area contributed by atoms with E-state index in [0.717, 1.165) is 0 Å². The Morgan fingerprint density at radius 2 is 2.31 bits per heavy atom. The predicted octanol–water partition coefficient (Wildman–Crippen LogP) is 1.65. The number of aliphatic carboxylic acids is 1. The number of carbonyl (C=O) groups is 1. The lowest BCUT2D eigenvalue weighted by atomic mass is 10.1. The van der Waals surface area contributed by atoms with Gasteiger partial charge in [0.05, 0.1) is 12.2 Å². The third-order valence-corrected chi connectivity index (χ3v) is 1.71. The van der Waals surface area contributed by atoms with Crippen LogP contribution in [0.2, 0.25) is 0 Å². The molecule has 0 aliphatic heterocycles. The fourth-order valence-corrected chi connectivity index (χ4v) is 0.795. The van der Waals surface area contributed by atoms with Gasteiger partial charge in [0.25, 0.3) is 0 Å². The van der Waals surface area contributed by atoms with Crippen LogP contribution in [-0.2, 0) is 4.79 Å². The van der Waals surface area contributed by atoms with Crippen LogP contribution in [0.25, 0.3) is 5.70 Å². The summed E-state index contributed by atoms with van der Waals surface area (Å²) in [6.45, 7) is 5.25. The molecule has 13 heavy (non-hydrogen) atoms. The predicted molar refractivity (Wildman–Crippen MR) is 54.7 cm³/mol. The first-order valence-electron chi connectivity index (χ1n) is 3.53. The highest BCUT2D eigenvalue weighted by Gasteiger charge is 2.15. The van der Waals surface area contributed by atoms with Crippen LogP contribution in [0.4, 0.5) is 0 Å². The van der Waals surface area contributed by atoms with Gasteiger partial charge in [-0.05, 0) is 6.92 Å². The third kappa shape index (κ3) is 2.69. The highest BCUT2D eigenvalue weighted by Crippen LogP contribution is 2.13. The Hall–Kier alpha value is -1.10. The lowest BCUT2D eigenvalue weighted by Gasteiger charge is -2.09. The summed E-state index contributed by atoms with van der Waals surface area (Å²) in [6.07, 6.45) is 4.78. The van der Waals surface area contributed by atoms with E-state index >= 15 is 0 Å². The molecular formula is C8H11BrN2O2. The van der Waals surface area contributed by atoms with E-state index in [1.165, 1.54) is 6.33 Å². The quantitative estimate of drug-likeness (QED) is 0.883. The topological polar surface area (TPSA) is 55.1 Å². The second-order valence-electron chi connectivity index (χ2n) is 2.52. The molecule has 72 valence electrons. The van der Waals surface area contributed by atoms with Crippen molar-refractivity contribution < 1.29 is 9.90 Å². The van der Waals surface area contributed by atoms with Crippen molar-refractivity contribution in [3.8, 4) is 0 Å². The first kappa shape index (κ1) is 11.9. The fraction of sp³-hybridized carbons (Fsp3) is 0.250. The van der Waals surface area contributed by atoms with Crippen molar-refractivity contribution in [1.29, 1.82) is 0 Å². The fourth-order valence-electron chi connectivity index (χ4n) is 0.795. The third-order valence-electron chi connectivity index (χ3n) is 1.71. The number of halogens is 1. The van der Waals surface area contributed by atoms with Gasteiger partial charge < -0.3 is 9.67 Å². The molecule has 1 aromatic heterocycles. The molecule has 5 heteroatoms. The summed E-state index contributed by atoms with van der Waals surface area (Å²) in [4.78, 5) is 14.3. The van der Waals surface area contributed by atoms with Gasteiger partial charge in [0.15, 0.2) is 0 Å². The Labute approximate surface area is 86.7 Å². The van der Waals surface area contributed by atoms with E-state index in [0.29, 0.717) is 5.70 Å². The van der Waals surface area contributed by atoms with Crippen LogP contribution in [0.1, 0.15) is 6.92 Å². The minimum atomic E-state index is -0.881. The van der Waals surface area contributed by atoms with E-state index in [1.54, 1.807) is 23.9 Å². The molecule has 1 unspecified atom stereocenters. The Bertz CT molecular complexity index is 295. The molecule has 0 saturated heterocycles. The number of nitrogens with zero attached hydrogens (tertiary/aromatic N) is 2. The van der Waals surface area contributed by atoms with Gasteiger partial charge in [-0.15, -0.1) is 17.0 Å². The van der Waals surface area contributed by atoms with E-state index in [-0.39, 0.29) is 17.0 Å². The van der Waals surface area contributed by atoms with Crippen molar-refractivity contribution in [3.05, 3.63) is 25.3 Å². The summed E-state index contributed by atoms with van der Waals surface area (Å²) in [5, 5.41) is 8.66. The normalized spacial score (nSPS) is 11.5. The van der Waals surface area contributed by atoms with Crippen molar-refractivity contribution in [2.45, 2.75) is 6.92 Å². The monoisotopic (exact) mass is 246 g/mol. The first-order chi connectivity index (χ1) is 5.63. The summed E-state index contributed by atoms with van der Waals surface area (Å²) in [5.74, 6) is -1.46. The molecule has 1 heterocycles. The van der Waals surface area contributed by atoms with E-state index < -0.39 is 11.9 Å². The second-order valence-corrected chi connectivity index (χ2v) is 2.52. The van der Waals surface area contributed by atoms with Gasteiger partial charge in [-0.25, -0.2) is 4.98 Å². The molecule has 0 aliphatic carbocycles. The van der Waals surface area contributed by atoms with Crippen LogP contribution >= 0.6 is 17.0 Å². The first-order valence-corrected chi connectivity index (χ1v) is 3.53. The number of hydrogen-bond acceptors (Lipinski definition) is 2. The molecule has 0 saturated carbocycles. The van der Waals surface area contributed by atoms with Gasteiger partial charge in [0.1, 0.15) is 0 Å². The van der Waals surface area contributed by atoms with E-state index in [9.17, 15) is 4.79 Å². The average molecular weight is 247 g/mol. The van der Waals surface area contributed by atoms with Gasteiger partial charge in [-0.3, -0.25) is 4.79 Å². The smallest absolute Gasteiger partial charge is 0.312 e. The number of carboxylic acids is 1. The number of rotatable bonds is 3. The zero-order valence-corrected chi connectivity index (χ0v) is 8.89. The summed E-state index contributed by atoms with van der Waals surface area (Å²) < 4.78 is 1.60. The minimum Gasteiger partial charge on any atom is -0.481 e. The maximum Gasteiger partial charge on any atom is 0.312 e. The van der Waals surface area contributed by atoms with Crippen molar-refractivity contribution >= 4 is 28.6 Å². The molecule has 0 fully saturated rings. The molecule has 0 bridgehead atoms. The van der Waals surface area contributed by atoms with Gasteiger partial charge in [-0.2, -0.15) is 0 Å². The zero-order chi connectivity index (χ0) is 9.14. The minimum absolute atomic E-state index is 0. The van der Waals surface area contributed by atoms with Gasteiger partial charge in [0.2, 0.25) is 0 Å². The van der Waals surface area contributed by atoms with Crippen LogP contribution < -0.4 is 0 Å². The van der Waals surface area contributed by atoms with E-state index in [1.807, 2.05) is 0 Å². The summed E-state index contributed by atoms with van der Waals surface area (Å²) in [5.41, 5.74) is 0.514. The van der Waals surface area contributed by atoms with Crippen molar-refractivity contribution in [1.82, 2.24) is 9.55 Å². The largest absolute Gasteiger partial charge is 0.481 e. The maximum atomic E-state index is 10.5. The second kappa shape index (κ2) is 4.81. The molecule has 0 aliphatic rings. The SMILES string of the molecule is Br.C=C(C(C)C(=O)O)n1ccnc1. The standard InChI is InChI=1S/C8H10N2O2.BrH/c1-6(8(11)12)7(2)10-4-3-9-5-10;/h3-6H,2H2,1H3,(H,11,12);1H. The van der Waals surface area contributed by atoms with Crippen LogP contribution in [0.3, 0.4) is 0 Å². The molecule has 1 atom stereocenters. The summed E-state index contributed by atoms with van der Waals surface area (Å²) in [6, 6.07) is 0. The van der Waals surface area contributed by atoms with Gasteiger partial charge in [-0.1, -0.05) is 6.58 Å². The number of carboxylic acid groups (broad SMARTS) is 1. The Kier molecular flexibility index (Phi) is 4.40. The number of hydrogen-bond donors (Lipinski definition) is 1. The Morgan fingerprint density at radius 3 is 2.69 bits per heavy atom. The zero-order valence-electron chi connectivity index (χ0n) is 7.17. The van der Waals surface area contributed by atoms with Crippen molar-refractivity contribution in [2.75, 3.05) is 0 Å². The molecule has 0 aromatic carbocycles. The molecule has 1 aromatic rings. The van der Waals surface area contributed by atoms with E-state index in [4.69, 9.17) is 5.11 Å². The number of imidazole rings is 1. The molecule has 0 radical (unpaired) electrons. The number of aromatic nitrogens is 2. The maximum absolute atomic E-state index is 10.5. The molecule has 0 amide bonds. The average Bonchev–Trinajstić information content (AvgIpc) is 2.53. The van der Waals surface area contributed by atoms with Gasteiger partial charge >= 0.3 is 5.97 Å². The lowest BCUT2D eigenvalue weighted by Crippen LogP contribution is -2.13. The summed E-state index contributed by atoms with van der Waals surface area (Å²) >= 11 is 0. The van der Waals surface area contributed by atoms with E-state index in [2.05, 4.69) is 11.6 Å². The van der Waals surface area contributed by atoms with Crippen LogP contribution in [0.5, 0.6) is 0 Å². The lowest BCUT2D eigenvalue weighted by molar-refractivity contribution is -0.139. The molecule has 4 nitrogen and oxygen atoms in total. The Balaban J connectivity index is 0.00000144. The van der Waals surface area contributed by atoms with Crippen molar-refractivity contribution in [3.63, 3.8) is 0 Å². The molecule has 1 rings (SSSR count). The van der Waals surface area contributed by atoms with Crippen LogP contribution in [0.15, 0.2) is 25.3 Å². The van der Waals surface area contributed by atoms with Crippen LogP contribution in [-0.4, -0.2) is 20.6 Å². The van der Waals surface area contributed by atoms with Gasteiger partial charge in [0, 0.05) is 18.1 Å². The Morgan fingerprint density at radius 1 is 1.69 bits per heavy atom. The summed E-state index contributed by atoms with van der Waals surface area (Å²) in [7, 11) is 0. The molecular weight excluding hydrogens is 236 g/mol. The highest BCUT2D eigenvalue weighted by atomic mass is 79.9. The van der Waals surface area contributed by atoms with Crippen molar-refractivity contribution in [2.24, 2.45) is 5.92 Å². The molecule has 1 N–H and O–H groups in total. The molecule has 0 spiro atoms. The highest BCUT2D eigenvalue weighted by molar-refractivity contribution is 8.93.